The molecule has 0 heterocycles. The van der Waals surface area contributed by atoms with Gasteiger partial charge < -0.3 is 22.1 Å². The van der Waals surface area contributed by atoms with E-state index in [9.17, 15) is 0 Å². The molecule has 3 aromatic carbocycles. The Morgan fingerprint density at radius 3 is 1.52 bits per heavy atom. The van der Waals surface area contributed by atoms with E-state index < -0.39 is 0 Å². The minimum atomic E-state index is 0.194. The van der Waals surface area contributed by atoms with Crippen LogP contribution in [-0.2, 0) is 0 Å². The average Bonchev–Trinajstić information content (AvgIpc) is 2.64. The van der Waals surface area contributed by atoms with Crippen LogP contribution < -0.4 is 22.1 Å². The third kappa shape index (κ3) is 4.50. The van der Waals surface area contributed by atoms with E-state index in [1.165, 1.54) is 0 Å². The second kappa shape index (κ2) is 9.06. The number of para-hydroxylation sites is 2. The number of hydrogen-bond acceptors (Lipinski definition) is 4. The van der Waals surface area contributed by atoms with E-state index in [-0.39, 0.29) is 5.34 Å². The molecule has 3 rings (SSSR count). The van der Waals surface area contributed by atoms with Crippen LogP contribution in [-0.4, -0.2) is 5.34 Å². The summed E-state index contributed by atoms with van der Waals surface area (Å²) in [5.41, 5.74) is 22.3. The van der Waals surface area contributed by atoms with Gasteiger partial charge in [-0.1, -0.05) is 36.4 Å². The monoisotopic (exact) mass is 374 g/mol. The molecule has 0 fully saturated rings. The number of anilines is 6. The zero-order valence-electron chi connectivity index (χ0n) is 13.6. The summed E-state index contributed by atoms with van der Waals surface area (Å²) < 4.78 is 0. The first-order valence-corrected chi connectivity index (χ1v) is 8.62. The summed E-state index contributed by atoms with van der Waals surface area (Å²) in [6.07, 6.45) is 0. The van der Waals surface area contributed by atoms with Gasteiger partial charge >= 0.3 is 0 Å². The summed E-state index contributed by atoms with van der Waals surface area (Å²) in [6, 6.07) is 23.7. The molecule has 0 saturated heterocycles. The van der Waals surface area contributed by atoms with Gasteiger partial charge in [0, 0.05) is 11.4 Å². The normalized spacial score (nSPS) is 9.84. The van der Waals surface area contributed by atoms with Gasteiger partial charge in [-0.05, 0) is 36.4 Å². The van der Waals surface area contributed by atoms with Crippen LogP contribution in [0.3, 0.4) is 0 Å². The van der Waals surface area contributed by atoms with Gasteiger partial charge in [0.2, 0.25) is 0 Å². The van der Waals surface area contributed by atoms with Crippen molar-refractivity contribution in [2.24, 2.45) is 0 Å². The fourth-order valence-electron chi connectivity index (χ4n) is 2.42. The SMILES string of the molecule is ClCCl.Nc1ccc(N(c2ccccc2)c2ccccc2)c(N)c1N. The van der Waals surface area contributed by atoms with E-state index >= 15 is 0 Å². The fraction of sp³-hybridized carbons (Fsp3) is 0.0526. The maximum absolute atomic E-state index is 6.21. The van der Waals surface area contributed by atoms with Crippen LogP contribution in [0.2, 0.25) is 0 Å². The Morgan fingerprint density at radius 2 is 1.08 bits per heavy atom. The van der Waals surface area contributed by atoms with Crippen molar-refractivity contribution in [1.82, 2.24) is 0 Å². The van der Waals surface area contributed by atoms with E-state index in [1.807, 2.05) is 66.7 Å². The summed E-state index contributed by atoms with van der Waals surface area (Å²) >= 11 is 9.53. The molecule has 0 spiro atoms. The van der Waals surface area contributed by atoms with Crippen LogP contribution in [0.25, 0.3) is 0 Å². The predicted molar refractivity (Wildman–Crippen MR) is 111 cm³/mol. The van der Waals surface area contributed by atoms with E-state index in [0.717, 1.165) is 17.1 Å². The predicted octanol–water partition coefficient (Wildman–Crippen LogP) is 5.32. The summed E-state index contributed by atoms with van der Waals surface area (Å²) in [5.74, 6) is 0. The highest BCUT2D eigenvalue weighted by Crippen LogP contribution is 2.41. The number of nitrogens with two attached hydrogens (primary N) is 3. The zero-order chi connectivity index (χ0) is 18.2. The van der Waals surface area contributed by atoms with Crippen molar-refractivity contribution in [3.05, 3.63) is 72.8 Å². The van der Waals surface area contributed by atoms with Crippen LogP contribution in [0.15, 0.2) is 72.8 Å². The molecule has 0 aliphatic heterocycles. The molecule has 0 bridgehead atoms. The van der Waals surface area contributed by atoms with E-state index in [2.05, 4.69) is 4.90 Å². The molecule has 3 aromatic rings. The highest BCUT2D eigenvalue weighted by atomic mass is 35.5. The van der Waals surface area contributed by atoms with Crippen molar-refractivity contribution in [3.63, 3.8) is 0 Å². The van der Waals surface area contributed by atoms with E-state index in [4.69, 9.17) is 40.4 Å². The van der Waals surface area contributed by atoms with Crippen molar-refractivity contribution in [2.45, 2.75) is 0 Å². The Labute approximate surface area is 157 Å². The Balaban J connectivity index is 0.000000701. The smallest absolute Gasteiger partial charge is 0.0967 e. The molecule has 4 nitrogen and oxygen atoms in total. The zero-order valence-corrected chi connectivity index (χ0v) is 15.1. The Morgan fingerprint density at radius 1 is 0.640 bits per heavy atom. The van der Waals surface area contributed by atoms with E-state index in [0.29, 0.717) is 17.1 Å². The molecule has 25 heavy (non-hydrogen) atoms. The van der Waals surface area contributed by atoms with Crippen LogP contribution >= 0.6 is 23.2 Å². The standard InChI is InChI=1S/C18H18N4.CH2Cl2/c19-15-11-12-16(18(21)17(15)20)22(13-7-3-1-4-8-13)14-9-5-2-6-10-14;2-1-3/h1-12H,19-21H2;1H2. The van der Waals surface area contributed by atoms with Crippen molar-refractivity contribution in [3.8, 4) is 0 Å². The third-order valence-electron chi connectivity index (χ3n) is 3.57. The van der Waals surface area contributed by atoms with Gasteiger partial charge in [-0.25, -0.2) is 0 Å². The molecule has 130 valence electrons. The summed E-state index contributed by atoms with van der Waals surface area (Å²) in [5, 5.41) is 0.194. The lowest BCUT2D eigenvalue weighted by Gasteiger charge is -2.27. The van der Waals surface area contributed by atoms with Crippen molar-refractivity contribution < 1.29 is 0 Å². The first-order chi connectivity index (χ1) is 12.1. The molecule has 0 amide bonds. The first kappa shape index (κ1) is 18.8. The highest BCUT2D eigenvalue weighted by molar-refractivity contribution is 6.40. The second-order valence-electron chi connectivity index (χ2n) is 5.11. The summed E-state index contributed by atoms with van der Waals surface area (Å²) in [7, 11) is 0. The van der Waals surface area contributed by atoms with Gasteiger partial charge in [0.1, 0.15) is 0 Å². The Kier molecular flexibility index (Phi) is 6.81. The fourth-order valence-corrected chi connectivity index (χ4v) is 2.42. The summed E-state index contributed by atoms with van der Waals surface area (Å²) in [6.45, 7) is 0. The highest BCUT2D eigenvalue weighted by Gasteiger charge is 2.16. The van der Waals surface area contributed by atoms with Gasteiger partial charge in [0.25, 0.3) is 0 Å². The van der Waals surface area contributed by atoms with E-state index in [1.54, 1.807) is 6.07 Å². The van der Waals surface area contributed by atoms with Crippen LogP contribution in [0.4, 0.5) is 34.1 Å². The third-order valence-corrected chi connectivity index (χ3v) is 3.57. The lowest BCUT2D eigenvalue weighted by Crippen LogP contribution is -2.13. The van der Waals surface area contributed by atoms with Crippen molar-refractivity contribution in [2.75, 3.05) is 27.4 Å². The number of hydrogen-bond donors (Lipinski definition) is 3. The number of nitrogens with zero attached hydrogens (tertiary/aromatic N) is 1. The number of alkyl halides is 2. The van der Waals surface area contributed by atoms with Gasteiger partial charge in [0.05, 0.1) is 28.1 Å². The maximum Gasteiger partial charge on any atom is 0.0967 e. The molecular weight excluding hydrogens is 355 g/mol. The van der Waals surface area contributed by atoms with Crippen LogP contribution in [0.5, 0.6) is 0 Å². The molecular formula is C19H20Cl2N4. The number of benzene rings is 3. The second-order valence-corrected chi connectivity index (χ2v) is 5.92. The quantitative estimate of drug-likeness (QED) is 0.427. The van der Waals surface area contributed by atoms with Crippen molar-refractivity contribution >= 4 is 57.3 Å². The maximum atomic E-state index is 6.21. The molecule has 0 radical (unpaired) electrons. The largest absolute Gasteiger partial charge is 0.397 e. The van der Waals surface area contributed by atoms with Crippen LogP contribution in [0, 0.1) is 0 Å². The molecule has 6 heteroatoms. The lowest BCUT2D eigenvalue weighted by molar-refractivity contribution is 1.29. The molecule has 0 aromatic heterocycles. The Bertz CT molecular complexity index is 756. The summed E-state index contributed by atoms with van der Waals surface area (Å²) in [4.78, 5) is 2.06. The molecule has 6 N–H and O–H groups in total. The van der Waals surface area contributed by atoms with Gasteiger partial charge in [-0.3, -0.25) is 0 Å². The van der Waals surface area contributed by atoms with Gasteiger partial charge in [0.15, 0.2) is 0 Å². The average molecular weight is 375 g/mol. The molecule has 0 aliphatic rings. The van der Waals surface area contributed by atoms with Gasteiger partial charge in [-0.2, -0.15) is 0 Å². The number of nitrogen functional groups attached to an aromatic ring is 3. The molecule has 0 atom stereocenters. The number of rotatable bonds is 3. The van der Waals surface area contributed by atoms with Gasteiger partial charge in [-0.15, -0.1) is 23.2 Å². The minimum absolute atomic E-state index is 0.194. The van der Waals surface area contributed by atoms with Crippen LogP contribution in [0.1, 0.15) is 0 Å². The topological polar surface area (TPSA) is 81.3 Å². The molecule has 0 unspecified atom stereocenters. The minimum Gasteiger partial charge on any atom is -0.397 e. The molecule has 0 aliphatic carbocycles. The molecule has 0 saturated carbocycles. The first-order valence-electron chi connectivity index (χ1n) is 7.55. The number of halogens is 2. The van der Waals surface area contributed by atoms with Crippen molar-refractivity contribution in [1.29, 1.82) is 0 Å². The lowest BCUT2D eigenvalue weighted by atomic mass is 10.1. The Hall–Kier alpha value is -2.56.